The summed E-state index contributed by atoms with van der Waals surface area (Å²) in [5, 5.41) is 3.99. The number of urea groups is 1. The zero-order valence-electron chi connectivity index (χ0n) is 16.1. The number of ether oxygens (including phenoxy) is 1. The second-order valence-corrected chi connectivity index (χ2v) is 8.18. The summed E-state index contributed by atoms with van der Waals surface area (Å²) in [6.45, 7) is 4.43. The minimum Gasteiger partial charge on any atom is -0.497 e. The summed E-state index contributed by atoms with van der Waals surface area (Å²) in [4.78, 5) is 15.0. The highest BCUT2D eigenvalue weighted by Crippen LogP contribution is 2.48. The third kappa shape index (κ3) is 3.61. The summed E-state index contributed by atoms with van der Waals surface area (Å²) in [5.74, 6) is 1.45. The minimum atomic E-state index is -0.434. The summed E-state index contributed by atoms with van der Waals surface area (Å²) >= 11 is 6.36. The number of amides is 2. The number of carbonyl (C=O) groups excluding carboxylic acids is 1. The Balaban J connectivity index is 1.72. The van der Waals surface area contributed by atoms with Crippen molar-refractivity contribution in [3.05, 3.63) is 71.3 Å². The van der Waals surface area contributed by atoms with Crippen LogP contribution in [0.4, 0.5) is 10.5 Å². The predicted octanol–water partition coefficient (Wildman–Crippen LogP) is 5.65. The summed E-state index contributed by atoms with van der Waals surface area (Å²) in [5.41, 5.74) is 2.61. The standard InChI is InChI=1S/C23H25ClN2O2/c1-3-12-23(14-16-4-5-16)20-13-18(24)8-11-21(20)26(22(27)25-23)15-17-6-9-19(28-2)10-7-17/h3,6-11,13,16H,1,4-5,12,14-15H2,2H3,(H,25,27). The summed E-state index contributed by atoms with van der Waals surface area (Å²) < 4.78 is 5.23. The first-order chi connectivity index (χ1) is 13.5. The second kappa shape index (κ2) is 7.51. The number of carbonyl (C=O) groups is 1. The van der Waals surface area contributed by atoms with E-state index in [1.54, 1.807) is 12.0 Å². The van der Waals surface area contributed by atoms with Crippen molar-refractivity contribution in [3.8, 4) is 5.75 Å². The molecule has 0 bridgehead atoms. The molecule has 0 spiro atoms. The Morgan fingerprint density at radius 2 is 2.04 bits per heavy atom. The van der Waals surface area contributed by atoms with E-state index in [4.69, 9.17) is 16.3 Å². The van der Waals surface area contributed by atoms with Gasteiger partial charge in [-0.05, 0) is 54.7 Å². The SMILES string of the molecule is C=CCC1(CC2CC2)NC(=O)N(Cc2ccc(OC)cc2)c2ccc(Cl)cc21. The van der Waals surface area contributed by atoms with E-state index < -0.39 is 5.54 Å². The van der Waals surface area contributed by atoms with Gasteiger partial charge < -0.3 is 10.1 Å². The molecule has 1 aliphatic heterocycles. The second-order valence-electron chi connectivity index (χ2n) is 7.75. The molecule has 4 nitrogen and oxygen atoms in total. The normalized spacial score (nSPS) is 21.1. The van der Waals surface area contributed by atoms with Gasteiger partial charge in [-0.25, -0.2) is 4.79 Å². The summed E-state index contributed by atoms with van der Waals surface area (Å²) in [6, 6.07) is 13.5. The van der Waals surface area contributed by atoms with Crippen LogP contribution in [-0.4, -0.2) is 13.1 Å². The van der Waals surface area contributed by atoms with Gasteiger partial charge in [0, 0.05) is 10.6 Å². The van der Waals surface area contributed by atoms with Gasteiger partial charge in [0.15, 0.2) is 0 Å². The van der Waals surface area contributed by atoms with Crippen LogP contribution >= 0.6 is 11.6 Å². The maximum absolute atomic E-state index is 13.2. The predicted molar refractivity (Wildman–Crippen MR) is 113 cm³/mol. The van der Waals surface area contributed by atoms with E-state index in [0.717, 1.165) is 29.0 Å². The zero-order chi connectivity index (χ0) is 19.7. The van der Waals surface area contributed by atoms with Crippen molar-refractivity contribution in [1.29, 1.82) is 0 Å². The van der Waals surface area contributed by atoms with E-state index in [0.29, 0.717) is 23.9 Å². The fraction of sp³-hybridized carbons (Fsp3) is 0.348. The lowest BCUT2D eigenvalue weighted by Gasteiger charge is -2.44. The van der Waals surface area contributed by atoms with Crippen LogP contribution in [0.1, 0.15) is 36.8 Å². The Morgan fingerprint density at radius 1 is 1.29 bits per heavy atom. The Morgan fingerprint density at radius 3 is 2.68 bits per heavy atom. The van der Waals surface area contributed by atoms with Gasteiger partial charge in [-0.3, -0.25) is 4.90 Å². The van der Waals surface area contributed by atoms with Crippen molar-refractivity contribution in [2.24, 2.45) is 5.92 Å². The molecule has 2 aliphatic rings. The molecule has 4 rings (SSSR count). The van der Waals surface area contributed by atoms with E-state index >= 15 is 0 Å². The lowest BCUT2D eigenvalue weighted by Crippen LogP contribution is -2.56. The van der Waals surface area contributed by atoms with Crippen LogP contribution in [0.5, 0.6) is 5.75 Å². The van der Waals surface area contributed by atoms with Crippen LogP contribution < -0.4 is 15.0 Å². The topological polar surface area (TPSA) is 41.6 Å². The fourth-order valence-electron chi connectivity index (χ4n) is 4.11. The van der Waals surface area contributed by atoms with Crippen LogP contribution in [0.15, 0.2) is 55.1 Å². The Labute approximate surface area is 171 Å². The molecule has 1 fully saturated rings. The van der Waals surface area contributed by atoms with Crippen molar-refractivity contribution in [2.75, 3.05) is 12.0 Å². The molecule has 1 aliphatic carbocycles. The number of benzene rings is 2. The Bertz CT molecular complexity index is 892. The number of nitrogens with one attached hydrogen (secondary N) is 1. The summed E-state index contributed by atoms with van der Waals surface area (Å²) in [7, 11) is 1.64. The number of nitrogens with zero attached hydrogens (tertiary/aromatic N) is 1. The van der Waals surface area contributed by atoms with Gasteiger partial charge in [0.25, 0.3) is 0 Å². The molecule has 0 aromatic heterocycles. The molecule has 1 saturated carbocycles. The number of rotatable bonds is 7. The highest BCUT2D eigenvalue weighted by molar-refractivity contribution is 6.30. The van der Waals surface area contributed by atoms with Gasteiger partial charge in [0.2, 0.25) is 0 Å². The highest BCUT2D eigenvalue weighted by Gasteiger charge is 2.45. The van der Waals surface area contributed by atoms with Gasteiger partial charge in [-0.15, -0.1) is 6.58 Å². The van der Waals surface area contributed by atoms with E-state index in [1.165, 1.54) is 12.8 Å². The molecule has 1 atom stereocenters. The molecule has 0 saturated heterocycles. The van der Waals surface area contributed by atoms with Gasteiger partial charge in [0.05, 0.1) is 24.9 Å². The lowest BCUT2D eigenvalue weighted by molar-refractivity contribution is 0.219. The quantitative estimate of drug-likeness (QED) is 0.614. The van der Waals surface area contributed by atoms with Gasteiger partial charge in [0.1, 0.15) is 5.75 Å². The molecule has 2 aromatic rings. The largest absolute Gasteiger partial charge is 0.497 e. The first kappa shape index (κ1) is 18.9. The molecule has 0 radical (unpaired) electrons. The van der Waals surface area contributed by atoms with Crippen LogP contribution in [0.2, 0.25) is 5.02 Å². The highest BCUT2D eigenvalue weighted by atomic mass is 35.5. The van der Waals surface area contributed by atoms with Crippen LogP contribution in [0.3, 0.4) is 0 Å². The van der Waals surface area contributed by atoms with Gasteiger partial charge >= 0.3 is 6.03 Å². The molecule has 5 heteroatoms. The summed E-state index contributed by atoms with van der Waals surface area (Å²) in [6.07, 6.45) is 5.96. The third-order valence-electron chi connectivity index (χ3n) is 5.68. The molecule has 28 heavy (non-hydrogen) atoms. The molecular formula is C23H25ClN2O2. The smallest absolute Gasteiger partial charge is 0.322 e. The fourth-order valence-corrected chi connectivity index (χ4v) is 4.28. The first-order valence-electron chi connectivity index (χ1n) is 9.68. The maximum Gasteiger partial charge on any atom is 0.322 e. The average molecular weight is 397 g/mol. The van der Waals surface area contributed by atoms with Crippen molar-refractivity contribution in [2.45, 2.75) is 37.8 Å². The molecule has 1 N–H and O–H groups in total. The van der Waals surface area contributed by atoms with Gasteiger partial charge in [-0.1, -0.05) is 42.7 Å². The molecule has 146 valence electrons. The monoisotopic (exact) mass is 396 g/mol. The van der Waals surface area contributed by atoms with Crippen LogP contribution in [0.25, 0.3) is 0 Å². The number of fused-ring (bicyclic) bond motifs is 1. The average Bonchev–Trinajstić information content (AvgIpc) is 3.50. The molecular weight excluding hydrogens is 372 g/mol. The van der Waals surface area contributed by atoms with E-state index in [9.17, 15) is 4.79 Å². The Hall–Kier alpha value is -2.46. The number of halogens is 1. The van der Waals surface area contributed by atoms with Crippen molar-refractivity contribution in [1.82, 2.24) is 5.32 Å². The molecule has 2 amide bonds. The minimum absolute atomic E-state index is 0.0758. The van der Waals surface area contributed by atoms with Crippen molar-refractivity contribution in [3.63, 3.8) is 0 Å². The molecule has 2 aromatic carbocycles. The maximum atomic E-state index is 13.2. The van der Waals surface area contributed by atoms with Crippen LogP contribution in [-0.2, 0) is 12.1 Å². The van der Waals surface area contributed by atoms with Crippen LogP contribution in [0, 0.1) is 5.92 Å². The van der Waals surface area contributed by atoms with E-state index in [1.807, 2.05) is 48.5 Å². The van der Waals surface area contributed by atoms with E-state index in [2.05, 4.69) is 11.9 Å². The number of methoxy groups -OCH3 is 1. The molecule has 1 unspecified atom stereocenters. The lowest BCUT2D eigenvalue weighted by atomic mass is 9.79. The zero-order valence-corrected chi connectivity index (χ0v) is 16.8. The third-order valence-corrected chi connectivity index (χ3v) is 5.92. The van der Waals surface area contributed by atoms with Gasteiger partial charge in [-0.2, -0.15) is 0 Å². The molecule has 1 heterocycles. The number of hydrogen-bond donors (Lipinski definition) is 1. The van der Waals surface area contributed by atoms with Crippen molar-refractivity contribution < 1.29 is 9.53 Å². The number of anilines is 1. The number of hydrogen-bond acceptors (Lipinski definition) is 2. The first-order valence-corrected chi connectivity index (χ1v) is 10.1. The van der Waals surface area contributed by atoms with Crippen molar-refractivity contribution >= 4 is 23.3 Å². The Kier molecular flexibility index (Phi) is 5.07. The van der Waals surface area contributed by atoms with E-state index in [-0.39, 0.29) is 6.03 Å².